The minimum absolute atomic E-state index is 0.0542. The summed E-state index contributed by atoms with van der Waals surface area (Å²) in [6, 6.07) is 6.48. The molecule has 0 aliphatic carbocycles. The van der Waals surface area contributed by atoms with Crippen molar-refractivity contribution in [3.63, 3.8) is 0 Å². The topological polar surface area (TPSA) is 66.5 Å². The minimum atomic E-state index is -0.737. The number of imide groups is 2. The van der Waals surface area contributed by atoms with Crippen LogP contribution in [0.3, 0.4) is 0 Å². The fourth-order valence-electron chi connectivity index (χ4n) is 2.57. The van der Waals surface area contributed by atoms with Gasteiger partial charge in [-0.15, -0.1) is 11.3 Å². The molecule has 1 N–H and O–H groups in total. The first kappa shape index (κ1) is 17.6. The van der Waals surface area contributed by atoms with E-state index < -0.39 is 17.8 Å². The summed E-state index contributed by atoms with van der Waals surface area (Å²) in [4.78, 5) is 40.2. The summed E-state index contributed by atoms with van der Waals surface area (Å²) in [6.45, 7) is 5.67. The van der Waals surface area contributed by atoms with Crippen LogP contribution in [0.15, 0.2) is 34.3 Å². The van der Waals surface area contributed by atoms with Gasteiger partial charge in [0.05, 0.1) is 5.69 Å². The van der Waals surface area contributed by atoms with Crippen molar-refractivity contribution in [1.82, 2.24) is 5.32 Å². The van der Waals surface area contributed by atoms with E-state index in [2.05, 4.69) is 21.2 Å². The highest BCUT2D eigenvalue weighted by molar-refractivity contribution is 9.10. The highest BCUT2D eigenvalue weighted by atomic mass is 79.9. The molecule has 5 nitrogen and oxygen atoms in total. The molecule has 0 spiro atoms. The van der Waals surface area contributed by atoms with Gasteiger partial charge >= 0.3 is 6.03 Å². The number of hydrogen-bond acceptors (Lipinski definition) is 4. The second-order valence-corrected chi connectivity index (χ2v) is 7.90. The predicted octanol–water partition coefficient (Wildman–Crippen LogP) is 4.10. The number of nitrogens with one attached hydrogen (secondary N) is 1. The number of amides is 4. The van der Waals surface area contributed by atoms with Crippen LogP contribution in [0.4, 0.5) is 10.5 Å². The number of aryl methyl sites for hydroxylation is 1. The molecule has 1 aliphatic rings. The van der Waals surface area contributed by atoms with Gasteiger partial charge < -0.3 is 0 Å². The van der Waals surface area contributed by atoms with Crippen molar-refractivity contribution in [1.29, 1.82) is 0 Å². The highest BCUT2D eigenvalue weighted by Gasteiger charge is 2.37. The van der Waals surface area contributed by atoms with Gasteiger partial charge in [0.1, 0.15) is 5.57 Å². The van der Waals surface area contributed by atoms with E-state index in [4.69, 9.17) is 0 Å². The standard InChI is InChI=1S/C18H15BrN2O3S/c1-9-4-5-12(25-9)8-13-16(22)20-18(24)21(17(13)23)15-7-6-14(19)10(2)11(15)3/h4-8H,1-3H3,(H,20,22,24)/b13-8+. The van der Waals surface area contributed by atoms with Crippen LogP contribution in [-0.2, 0) is 9.59 Å². The lowest BCUT2D eigenvalue weighted by molar-refractivity contribution is -0.122. The second kappa shape index (κ2) is 6.57. The van der Waals surface area contributed by atoms with Gasteiger partial charge in [0.15, 0.2) is 0 Å². The zero-order valence-electron chi connectivity index (χ0n) is 13.8. The van der Waals surface area contributed by atoms with E-state index in [0.717, 1.165) is 30.3 Å². The third-order valence-corrected chi connectivity index (χ3v) is 5.89. The van der Waals surface area contributed by atoms with Gasteiger partial charge in [-0.05, 0) is 62.2 Å². The van der Waals surface area contributed by atoms with Crippen molar-refractivity contribution in [2.24, 2.45) is 0 Å². The average Bonchev–Trinajstić information content (AvgIpc) is 2.96. The van der Waals surface area contributed by atoms with Gasteiger partial charge in [0.25, 0.3) is 11.8 Å². The molecule has 1 fully saturated rings. The number of thiophene rings is 1. The first-order valence-corrected chi connectivity index (χ1v) is 9.14. The maximum absolute atomic E-state index is 12.9. The molecule has 0 unspecified atom stereocenters. The molecule has 1 aromatic carbocycles. The van der Waals surface area contributed by atoms with Crippen LogP contribution in [0.2, 0.25) is 0 Å². The number of hydrogen-bond donors (Lipinski definition) is 1. The van der Waals surface area contributed by atoms with Crippen LogP contribution in [0.5, 0.6) is 0 Å². The van der Waals surface area contributed by atoms with Crippen molar-refractivity contribution in [3.05, 3.63) is 55.2 Å². The number of nitrogens with zero attached hydrogens (tertiary/aromatic N) is 1. The first-order chi connectivity index (χ1) is 11.8. The van der Waals surface area contributed by atoms with Crippen molar-refractivity contribution in [3.8, 4) is 0 Å². The zero-order valence-corrected chi connectivity index (χ0v) is 16.2. The molecule has 2 heterocycles. The molecule has 25 heavy (non-hydrogen) atoms. The van der Waals surface area contributed by atoms with E-state index in [1.807, 2.05) is 32.9 Å². The molecule has 7 heteroatoms. The predicted molar refractivity (Wildman–Crippen MR) is 102 cm³/mol. The number of anilines is 1. The largest absolute Gasteiger partial charge is 0.335 e. The van der Waals surface area contributed by atoms with Gasteiger partial charge in [0.2, 0.25) is 0 Å². The lowest BCUT2D eigenvalue weighted by Crippen LogP contribution is -2.54. The maximum atomic E-state index is 12.9. The molecular formula is C18H15BrN2O3S. The normalized spacial score (nSPS) is 16.6. The molecule has 0 atom stereocenters. The molecule has 0 bridgehead atoms. The van der Waals surface area contributed by atoms with Crippen molar-refractivity contribution in [2.45, 2.75) is 20.8 Å². The van der Waals surface area contributed by atoms with E-state index in [0.29, 0.717) is 5.69 Å². The van der Waals surface area contributed by atoms with Crippen molar-refractivity contribution >= 4 is 56.9 Å². The average molecular weight is 419 g/mol. The van der Waals surface area contributed by atoms with Crippen LogP contribution >= 0.6 is 27.3 Å². The van der Waals surface area contributed by atoms with Crippen LogP contribution < -0.4 is 10.2 Å². The Kier molecular flexibility index (Phi) is 4.62. The lowest BCUT2D eigenvalue weighted by Gasteiger charge is -2.28. The fraction of sp³-hybridized carbons (Fsp3) is 0.167. The van der Waals surface area contributed by atoms with Crippen LogP contribution in [0, 0.1) is 20.8 Å². The molecule has 4 amide bonds. The Labute approximate surface area is 157 Å². The first-order valence-electron chi connectivity index (χ1n) is 7.53. The Morgan fingerprint density at radius 3 is 2.40 bits per heavy atom. The fourth-order valence-corrected chi connectivity index (χ4v) is 3.82. The van der Waals surface area contributed by atoms with E-state index >= 15 is 0 Å². The number of barbiturate groups is 1. The molecule has 1 saturated heterocycles. The van der Waals surface area contributed by atoms with E-state index in [9.17, 15) is 14.4 Å². The summed E-state index contributed by atoms with van der Waals surface area (Å²) in [5.74, 6) is -1.30. The maximum Gasteiger partial charge on any atom is 0.335 e. The summed E-state index contributed by atoms with van der Waals surface area (Å²) >= 11 is 4.91. The highest BCUT2D eigenvalue weighted by Crippen LogP contribution is 2.31. The molecule has 3 rings (SSSR count). The van der Waals surface area contributed by atoms with Gasteiger partial charge in [-0.2, -0.15) is 0 Å². The van der Waals surface area contributed by atoms with Crippen LogP contribution in [-0.4, -0.2) is 17.8 Å². The summed E-state index contributed by atoms with van der Waals surface area (Å²) in [5, 5.41) is 2.25. The van der Waals surface area contributed by atoms with Gasteiger partial charge in [0, 0.05) is 14.2 Å². The monoisotopic (exact) mass is 418 g/mol. The molecule has 2 aromatic rings. The van der Waals surface area contributed by atoms with Crippen molar-refractivity contribution in [2.75, 3.05) is 4.90 Å². The Hall–Kier alpha value is -2.25. The van der Waals surface area contributed by atoms with Crippen LogP contribution in [0.1, 0.15) is 20.9 Å². The smallest absolute Gasteiger partial charge is 0.273 e. The summed E-state index contributed by atoms with van der Waals surface area (Å²) in [7, 11) is 0. The quantitative estimate of drug-likeness (QED) is 0.589. The molecule has 1 aliphatic heterocycles. The van der Waals surface area contributed by atoms with Crippen molar-refractivity contribution < 1.29 is 14.4 Å². The van der Waals surface area contributed by atoms with E-state index in [-0.39, 0.29) is 5.57 Å². The number of halogens is 1. The number of urea groups is 1. The number of benzene rings is 1. The molecule has 1 aromatic heterocycles. The van der Waals surface area contributed by atoms with Crippen LogP contribution in [0.25, 0.3) is 6.08 Å². The Morgan fingerprint density at radius 1 is 1.04 bits per heavy atom. The summed E-state index contributed by atoms with van der Waals surface area (Å²) in [6.07, 6.45) is 1.52. The number of carbonyl (C=O) groups excluding carboxylic acids is 3. The number of carbonyl (C=O) groups is 3. The molecular weight excluding hydrogens is 404 g/mol. The zero-order chi connectivity index (χ0) is 18.3. The Balaban J connectivity index is 2.07. The SMILES string of the molecule is Cc1ccc(/C=C2\C(=O)NC(=O)N(c3ccc(Br)c(C)c3C)C2=O)s1. The Morgan fingerprint density at radius 2 is 1.76 bits per heavy atom. The third-order valence-electron chi connectivity index (χ3n) is 4.08. The molecule has 128 valence electrons. The van der Waals surface area contributed by atoms with Gasteiger partial charge in [-0.3, -0.25) is 14.9 Å². The molecule has 0 saturated carbocycles. The number of rotatable bonds is 2. The van der Waals surface area contributed by atoms with Gasteiger partial charge in [-0.1, -0.05) is 15.9 Å². The van der Waals surface area contributed by atoms with Gasteiger partial charge in [-0.25, -0.2) is 9.69 Å². The molecule has 0 radical (unpaired) electrons. The summed E-state index contributed by atoms with van der Waals surface area (Å²) < 4.78 is 0.888. The third kappa shape index (κ3) is 3.17. The van der Waals surface area contributed by atoms with E-state index in [1.54, 1.807) is 12.1 Å². The summed E-state index contributed by atoms with van der Waals surface area (Å²) in [5.41, 5.74) is 2.12. The Bertz CT molecular complexity index is 946. The second-order valence-electron chi connectivity index (χ2n) is 5.72. The van der Waals surface area contributed by atoms with E-state index in [1.165, 1.54) is 17.4 Å². The lowest BCUT2D eigenvalue weighted by atomic mass is 10.0. The minimum Gasteiger partial charge on any atom is -0.273 e.